The second-order valence-electron chi connectivity index (χ2n) is 1.91. The Morgan fingerprint density at radius 2 is 2.64 bits per heavy atom. The van der Waals surface area contributed by atoms with E-state index in [4.69, 9.17) is 10.4 Å². The normalized spacial score (nSPS) is 9.64. The first-order valence-electron chi connectivity index (χ1n) is 2.92. The molecule has 0 aliphatic rings. The van der Waals surface area contributed by atoms with Crippen LogP contribution in [-0.4, -0.2) is 11.6 Å². The molecule has 60 valence electrons. The predicted molar refractivity (Wildman–Crippen MR) is 37.1 cm³/mol. The highest BCUT2D eigenvalue weighted by Crippen LogP contribution is 2.10. The molecule has 0 bridgehead atoms. The van der Waals surface area contributed by atoms with Crippen LogP contribution in [0.25, 0.3) is 0 Å². The van der Waals surface area contributed by atoms with Crippen molar-refractivity contribution in [2.45, 2.75) is 6.92 Å². The number of nitrogens with two attached hydrogens (primary N) is 1. The monoisotopic (exact) mass is 156 g/mol. The Morgan fingerprint density at radius 1 is 1.91 bits per heavy atom. The molecule has 6 nitrogen and oxygen atoms in total. The first-order valence-corrected chi connectivity index (χ1v) is 2.92. The van der Waals surface area contributed by atoms with Gasteiger partial charge < -0.3 is 4.52 Å². The molecular weight excluding hydrogens is 148 g/mol. The fourth-order valence-electron chi connectivity index (χ4n) is 0.610. The van der Waals surface area contributed by atoms with E-state index in [2.05, 4.69) is 10.7 Å². The zero-order valence-electron chi connectivity index (χ0n) is 5.94. The van der Waals surface area contributed by atoms with Crippen molar-refractivity contribution in [3.63, 3.8) is 0 Å². The second-order valence-corrected chi connectivity index (χ2v) is 1.91. The highest BCUT2D eigenvalue weighted by Gasteiger charge is 2.07. The first kappa shape index (κ1) is 7.70. The molecule has 0 unspecified atom stereocenters. The Bertz CT molecular complexity index is 246. The minimum absolute atomic E-state index is 0.264. The molecule has 3 N–H and O–H groups in total. The van der Waals surface area contributed by atoms with Crippen molar-refractivity contribution < 1.29 is 9.32 Å². The molecule has 0 saturated heterocycles. The average Bonchev–Trinajstić information content (AvgIpc) is 2.39. The molecule has 1 amide bonds. The van der Waals surface area contributed by atoms with Crippen LogP contribution in [-0.2, 0) is 4.79 Å². The van der Waals surface area contributed by atoms with E-state index in [1.165, 1.54) is 0 Å². The molecular formula is C5H8N4O2. The summed E-state index contributed by atoms with van der Waals surface area (Å²) in [7, 11) is 0. The summed E-state index contributed by atoms with van der Waals surface area (Å²) in [5.74, 6) is 5.25. The minimum atomic E-state index is 0.264. The van der Waals surface area contributed by atoms with Crippen molar-refractivity contribution in [2.75, 3.05) is 5.01 Å². The molecule has 1 heterocycles. The number of carbonyl (C=O) groups is 1. The van der Waals surface area contributed by atoms with Crippen LogP contribution in [0.3, 0.4) is 0 Å². The Hall–Kier alpha value is -1.40. The molecule has 1 rings (SSSR count). The van der Waals surface area contributed by atoms with Gasteiger partial charge in [-0.2, -0.15) is 10.5 Å². The average molecular weight is 156 g/mol. The Balaban J connectivity index is 2.81. The fraction of sp³-hybridized carbons (Fsp3) is 0.200. The number of rotatable bonds is 3. The van der Waals surface area contributed by atoms with Crippen LogP contribution < -0.4 is 16.4 Å². The van der Waals surface area contributed by atoms with Crippen LogP contribution >= 0.6 is 0 Å². The topological polar surface area (TPSA) is 84.4 Å². The summed E-state index contributed by atoms with van der Waals surface area (Å²) in [4.78, 5) is 10.2. The maximum atomic E-state index is 10.2. The zero-order chi connectivity index (χ0) is 8.27. The maximum Gasteiger partial charge on any atom is 0.249 e. The molecule has 0 radical (unpaired) electrons. The Morgan fingerprint density at radius 3 is 3.00 bits per heavy atom. The van der Waals surface area contributed by atoms with Gasteiger partial charge in [0.2, 0.25) is 12.3 Å². The van der Waals surface area contributed by atoms with Gasteiger partial charge in [0.15, 0.2) is 0 Å². The number of aromatic nitrogens is 1. The smallest absolute Gasteiger partial charge is 0.249 e. The molecule has 6 heteroatoms. The highest BCUT2D eigenvalue weighted by molar-refractivity contribution is 5.70. The third-order valence-electron chi connectivity index (χ3n) is 1.10. The van der Waals surface area contributed by atoms with Crippen molar-refractivity contribution in [1.29, 1.82) is 0 Å². The molecule has 11 heavy (non-hydrogen) atoms. The van der Waals surface area contributed by atoms with E-state index in [1.807, 2.05) is 0 Å². The summed E-state index contributed by atoms with van der Waals surface area (Å²) in [5, 5.41) is 4.53. The number of aryl methyl sites for hydroxylation is 1. The Labute approximate surface area is 62.9 Å². The van der Waals surface area contributed by atoms with Gasteiger partial charge >= 0.3 is 0 Å². The largest absolute Gasteiger partial charge is 0.337 e. The van der Waals surface area contributed by atoms with Crippen molar-refractivity contribution in [3.05, 3.63) is 11.8 Å². The van der Waals surface area contributed by atoms with E-state index in [0.717, 1.165) is 5.01 Å². The van der Waals surface area contributed by atoms with E-state index < -0.39 is 0 Å². The standard InChI is InChI=1S/C5H8N4O2/c1-4-2-5(11-7-4)9(3-10)8-6/h2-3,8H,6H2,1H3. The van der Waals surface area contributed by atoms with E-state index in [9.17, 15) is 4.79 Å². The van der Waals surface area contributed by atoms with Gasteiger partial charge in [-0.05, 0) is 6.92 Å². The molecule has 1 aromatic rings. The third kappa shape index (κ3) is 1.54. The van der Waals surface area contributed by atoms with Crippen LogP contribution in [0.15, 0.2) is 10.6 Å². The summed E-state index contributed by atoms with van der Waals surface area (Å²) in [6.07, 6.45) is 0.486. The van der Waals surface area contributed by atoms with Crippen LogP contribution in [0.5, 0.6) is 0 Å². The summed E-state index contributed by atoms with van der Waals surface area (Å²) in [6, 6.07) is 1.58. The molecule has 1 aromatic heterocycles. The molecule has 0 aliphatic carbocycles. The first-order chi connectivity index (χ1) is 5.27. The van der Waals surface area contributed by atoms with Crippen molar-refractivity contribution in [3.8, 4) is 0 Å². The van der Waals surface area contributed by atoms with Crippen molar-refractivity contribution in [1.82, 2.24) is 10.7 Å². The lowest BCUT2D eigenvalue weighted by Gasteiger charge is -2.08. The lowest BCUT2D eigenvalue weighted by Crippen LogP contribution is -2.41. The summed E-state index contributed by atoms with van der Waals surface area (Å²) < 4.78 is 4.71. The number of nitrogens with zero attached hydrogens (tertiary/aromatic N) is 2. The van der Waals surface area contributed by atoms with Gasteiger partial charge in [-0.15, -0.1) is 0 Å². The number of hydrazine groups is 2. The van der Waals surface area contributed by atoms with Crippen LogP contribution in [0.1, 0.15) is 5.69 Å². The van der Waals surface area contributed by atoms with Crippen LogP contribution in [0.4, 0.5) is 5.88 Å². The number of anilines is 1. The van der Waals surface area contributed by atoms with E-state index in [-0.39, 0.29) is 5.88 Å². The number of carbonyl (C=O) groups excluding carboxylic acids is 1. The number of amides is 1. The van der Waals surface area contributed by atoms with Gasteiger partial charge in [0, 0.05) is 6.07 Å². The molecule has 0 aromatic carbocycles. The molecule has 0 aliphatic heterocycles. The van der Waals surface area contributed by atoms with Gasteiger partial charge in [-0.1, -0.05) is 5.16 Å². The van der Waals surface area contributed by atoms with Gasteiger partial charge in [0.25, 0.3) is 0 Å². The summed E-state index contributed by atoms with van der Waals surface area (Å²) in [6.45, 7) is 1.74. The number of nitrogens with one attached hydrogen (secondary N) is 1. The van der Waals surface area contributed by atoms with Crippen molar-refractivity contribution in [2.24, 2.45) is 5.84 Å². The lowest BCUT2D eigenvalue weighted by molar-refractivity contribution is -0.108. The number of hydrogen-bond donors (Lipinski definition) is 2. The predicted octanol–water partition coefficient (Wildman–Crippen LogP) is -0.676. The molecule has 0 saturated carbocycles. The van der Waals surface area contributed by atoms with Gasteiger partial charge in [-0.25, -0.2) is 0 Å². The van der Waals surface area contributed by atoms with E-state index in [0.29, 0.717) is 12.1 Å². The van der Waals surface area contributed by atoms with Crippen LogP contribution in [0, 0.1) is 6.92 Å². The zero-order valence-corrected chi connectivity index (χ0v) is 5.94. The summed E-state index contributed by atoms with van der Waals surface area (Å²) in [5.41, 5.74) is 2.80. The van der Waals surface area contributed by atoms with E-state index >= 15 is 0 Å². The molecule has 0 fully saturated rings. The SMILES string of the molecule is Cc1cc(N(C=O)NN)on1. The molecule has 0 atom stereocenters. The highest BCUT2D eigenvalue weighted by atomic mass is 16.5. The second kappa shape index (κ2) is 3.13. The number of hydrogen-bond acceptors (Lipinski definition) is 5. The lowest BCUT2D eigenvalue weighted by atomic mass is 10.5. The van der Waals surface area contributed by atoms with Gasteiger partial charge in [0.05, 0.1) is 5.69 Å². The van der Waals surface area contributed by atoms with Gasteiger partial charge in [0.1, 0.15) is 0 Å². The third-order valence-corrected chi connectivity index (χ3v) is 1.10. The maximum absolute atomic E-state index is 10.2. The van der Waals surface area contributed by atoms with E-state index in [1.54, 1.807) is 13.0 Å². The quantitative estimate of drug-likeness (QED) is 0.344. The molecule has 0 spiro atoms. The minimum Gasteiger partial charge on any atom is -0.337 e. The van der Waals surface area contributed by atoms with Crippen molar-refractivity contribution >= 4 is 12.3 Å². The van der Waals surface area contributed by atoms with Gasteiger partial charge in [-0.3, -0.25) is 10.6 Å². The van der Waals surface area contributed by atoms with Crippen LogP contribution in [0.2, 0.25) is 0 Å². The summed E-state index contributed by atoms with van der Waals surface area (Å²) >= 11 is 0. The fourth-order valence-corrected chi connectivity index (χ4v) is 0.610. The Kier molecular flexibility index (Phi) is 2.19.